The van der Waals surface area contributed by atoms with Crippen molar-refractivity contribution in [2.45, 2.75) is 26.3 Å². The molecule has 0 unspecified atom stereocenters. The number of aromatic carboxylic acids is 1. The lowest BCUT2D eigenvalue weighted by atomic mass is 10.1. The van der Waals surface area contributed by atoms with E-state index >= 15 is 0 Å². The molecule has 0 fully saturated rings. The fraction of sp³-hybridized carbons (Fsp3) is 0.273. The molecule has 1 amide bonds. The zero-order valence-electron chi connectivity index (χ0n) is 16.1. The van der Waals surface area contributed by atoms with Crippen LogP contribution in [0.1, 0.15) is 28.4 Å². The van der Waals surface area contributed by atoms with E-state index in [0.717, 1.165) is 28.6 Å². The molecule has 0 radical (unpaired) electrons. The number of methoxy groups -OCH3 is 1. The molecule has 6 nitrogen and oxygen atoms in total. The number of amides is 1. The molecule has 0 aliphatic rings. The van der Waals surface area contributed by atoms with E-state index in [0.29, 0.717) is 25.1 Å². The number of carbonyl (C=O) groups is 2. The summed E-state index contributed by atoms with van der Waals surface area (Å²) in [7, 11) is 1.51. The smallest absolute Gasteiger partial charge is 0.335 e. The zero-order chi connectivity index (χ0) is 20.1. The second-order valence-electron chi connectivity index (χ2n) is 6.57. The molecule has 0 saturated carbocycles. The Morgan fingerprint density at radius 3 is 2.64 bits per heavy atom. The van der Waals surface area contributed by atoms with Crippen molar-refractivity contribution < 1.29 is 19.4 Å². The highest BCUT2D eigenvalue weighted by molar-refractivity contribution is 5.89. The van der Waals surface area contributed by atoms with E-state index < -0.39 is 5.97 Å². The Kier molecular flexibility index (Phi) is 5.99. The predicted molar refractivity (Wildman–Crippen MR) is 108 cm³/mol. The number of benzene rings is 2. The number of hydrogen-bond donors (Lipinski definition) is 2. The van der Waals surface area contributed by atoms with Crippen molar-refractivity contribution in [3.8, 4) is 5.75 Å². The number of nitrogens with one attached hydrogen (secondary N) is 1. The van der Waals surface area contributed by atoms with Crippen LogP contribution in [0.25, 0.3) is 10.9 Å². The van der Waals surface area contributed by atoms with Crippen molar-refractivity contribution in [3.05, 3.63) is 65.4 Å². The van der Waals surface area contributed by atoms with E-state index in [1.54, 1.807) is 12.1 Å². The summed E-state index contributed by atoms with van der Waals surface area (Å²) >= 11 is 0. The first-order valence-corrected chi connectivity index (χ1v) is 9.27. The number of fused-ring (bicyclic) bond motifs is 1. The van der Waals surface area contributed by atoms with Crippen LogP contribution >= 0.6 is 0 Å². The summed E-state index contributed by atoms with van der Waals surface area (Å²) in [5.74, 6) is -0.523. The van der Waals surface area contributed by atoms with Crippen LogP contribution < -0.4 is 10.1 Å². The summed E-state index contributed by atoms with van der Waals surface area (Å²) < 4.78 is 7.42. The van der Waals surface area contributed by atoms with Crippen LogP contribution in [-0.4, -0.2) is 35.2 Å². The first-order chi connectivity index (χ1) is 13.5. The van der Waals surface area contributed by atoms with Crippen LogP contribution in [0.3, 0.4) is 0 Å². The molecule has 3 aromatic rings. The summed E-state index contributed by atoms with van der Waals surface area (Å²) in [6, 6.07) is 12.9. The molecular weight excluding hydrogens is 356 g/mol. The van der Waals surface area contributed by atoms with E-state index in [2.05, 4.69) is 22.9 Å². The van der Waals surface area contributed by atoms with Crippen molar-refractivity contribution in [2.24, 2.45) is 0 Å². The third-order valence-corrected chi connectivity index (χ3v) is 4.81. The molecule has 2 aromatic carbocycles. The second kappa shape index (κ2) is 8.61. The predicted octanol–water partition coefficient (Wildman–Crippen LogP) is 3.27. The van der Waals surface area contributed by atoms with Gasteiger partial charge in [-0.25, -0.2) is 4.79 Å². The maximum absolute atomic E-state index is 12.4. The highest BCUT2D eigenvalue weighted by atomic mass is 16.5. The molecule has 28 heavy (non-hydrogen) atoms. The van der Waals surface area contributed by atoms with E-state index in [1.165, 1.54) is 13.2 Å². The monoisotopic (exact) mass is 380 g/mol. The summed E-state index contributed by atoms with van der Waals surface area (Å²) in [5, 5.41) is 13.1. The Bertz CT molecular complexity index is 1010. The number of ether oxygens (including phenoxy) is 1. The average molecular weight is 380 g/mol. The zero-order valence-corrected chi connectivity index (χ0v) is 16.1. The lowest BCUT2D eigenvalue weighted by molar-refractivity contribution is -0.120. The quantitative estimate of drug-likeness (QED) is 0.629. The molecule has 0 saturated heterocycles. The SMILES string of the molecule is CCn1cc(CC(=O)NCCc2ccc(C(=O)O)cc2OC)c2ccccc21. The van der Waals surface area contributed by atoms with E-state index in [4.69, 9.17) is 9.84 Å². The minimum absolute atomic E-state index is 0.0415. The lowest BCUT2D eigenvalue weighted by Gasteiger charge is -2.10. The third-order valence-electron chi connectivity index (χ3n) is 4.81. The molecule has 0 aliphatic heterocycles. The Morgan fingerprint density at radius 1 is 1.14 bits per heavy atom. The molecule has 3 rings (SSSR count). The Hall–Kier alpha value is -3.28. The van der Waals surface area contributed by atoms with Gasteiger partial charge in [0.15, 0.2) is 0 Å². The number of aryl methyl sites for hydroxylation is 1. The Balaban J connectivity index is 1.62. The van der Waals surface area contributed by atoms with Gasteiger partial charge in [0, 0.05) is 30.2 Å². The molecule has 2 N–H and O–H groups in total. The molecule has 0 atom stereocenters. The van der Waals surface area contributed by atoms with Crippen LogP contribution in [0.2, 0.25) is 0 Å². The van der Waals surface area contributed by atoms with Gasteiger partial charge >= 0.3 is 5.97 Å². The number of aromatic nitrogens is 1. The van der Waals surface area contributed by atoms with Crippen LogP contribution in [0, 0.1) is 0 Å². The van der Waals surface area contributed by atoms with Crippen LogP contribution in [0.4, 0.5) is 0 Å². The van der Waals surface area contributed by atoms with Crippen molar-refractivity contribution in [1.82, 2.24) is 9.88 Å². The van der Waals surface area contributed by atoms with Gasteiger partial charge in [0.2, 0.25) is 5.91 Å². The van der Waals surface area contributed by atoms with Gasteiger partial charge in [-0.05, 0) is 42.7 Å². The second-order valence-corrected chi connectivity index (χ2v) is 6.57. The first-order valence-electron chi connectivity index (χ1n) is 9.27. The third kappa shape index (κ3) is 4.17. The van der Waals surface area contributed by atoms with Crippen LogP contribution in [0.5, 0.6) is 5.75 Å². The number of carbonyl (C=O) groups excluding carboxylic acids is 1. The summed E-state index contributed by atoms with van der Waals surface area (Å²) in [6.07, 6.45) is 2.92. The normalized spacial score (nSPS) is 10.8. The number of nitrogens with zero attached hydrogens (tertiary/aromatic N) is 1. The maximum atomic E-state index is 12.4. The topological polar surface area (TPSA) is 80.6 Å². The molecule has 146 valence electrons. The van der Waals surface area contributed by atoms with Gasteiger partial charge in [0.05, 0.1) is 19.1 Å². The molecule has 0 bridgehead atoms. The summed E-state index contributed by atoms with van der Waals surface area (Å²) in [4.78, 5) is 23.5. The molecule has 1 aromatic heterocycles. The molecule has 6 heteroatoms. The first kappa shape index (κ1) is 19.5. The highest BCUT2D eigenvalue weighted by Gasteiger charge is 2.12. The van der Waals surface area contributed by atoms with Gasteiger partial charge in [0.25, 0.3) is 0 Å². The van der Waals surface area contributed by atoms with Crippen LogP contribution in [-0.2, 0) is 24.2 Å². The van der Waals surface area contributed by atoms with Crippen molar-refractivity contribution in [1.29, 1.82) is 0 Å². The largest absolute Gasteiger partial charge is 0.496 e. The van der Waals surface area contributed by atoms with Crippen LogP contribution in [0.15, 0.2) is 48.7 Å². The molecule has 0 aliphatic carbocycles. The molecular formula is C22H24N2O4. The van der Waals surface area contributed by atoms with Gasteiger partial charge in [-0.1, -0.05) is 24.3 Å². The van der Waals surface area contributed by atoms with Gasteiger partial charge in [-0.3, -0.25) is 4.79 Å². The Morgan fingerprint density at radius 2 is 1.93 bits per heavy atom. The van der Waals surface area contributed by atoms with E-state index in [-0.39, 0.29) is 11.5 Å². The van der Waals surface area contributed by atoms with Crippen molar-refractivity contribution >= 4 is 22.8 Å². The van der Waals surface area contributed by atoms with Gasteiger partial charge < -0.3 is 19.7 Å². The number of carboxylic acids is 1. The minimum Gasteiger partial charge on any atom is -0.496 e. The number of hydrogen-bond acceptors (Lipinski definition) is 3. The minimum atomic E-state index is -0.996. The van der Waals surface area contributed by atoms with Gasteiger partial charge in [-0.2, -0.15) is 0 Å². The number of para-hydroxylation sites is 1. The van der Waals surface area contributed by atoms with Crippen molar-refractivity contribution in [3.63, 3.8) is 0 Å². The van der Waals surface area contributed by atoms with E-state index in [9.17, 15) is 9.59 Å². The Labute approximate surface area is 163 Å². The van der Waals surface area contributed by atoms with E-state index in [1.807, 2.05) is 24.4 Å². The fourth-order valence-electron chi connectivity index (χ4n) is 3.38. The molecule has 0 spiro atoms. The van der Waals surface area contributed by atoms with Crippen molar-refractivity contribution in [2.75, 3.05) is 13.7 Å². The summed E-state index contributed by atoms with van der Waals surface area (Å²) in [5.41, 5.74) is 3.18. The molecule has 1 heterocycles. The summed E-state index contributed by atoms with van der Waals surface area (Å²) in [6.45, 7) is 3.39. The van der Waals surface area contributed by atoms with Gasteiger partial charge in [0.1, 0.15) is 5.75 Å². The fourth-order valence-corrected chi connectivity index (χ4v) is 3.38. The highest BCUT2D eigenvalue weighted by Crippen LogP contribution is 2.22. The number of rotatable bonds is 8. The number of carboxylic acid groups (broad SMARTS) is 1. The average Bonchev–Trinajstić information content (AvgIpc) is 3.05. The van der Waals surface area contributed by atoms with Gasteiger partial charge in [-0.15, -0.1) is 0 Å². The standard InChI is InChI=1S/C22H24N2O4/c1-3-24-14-17(18-6-4-5-7-19(18)24)13-21(25)23-11-10-15-8-9-16(22(26)27)12-20(15)28-2/h4-9,12,14H,3,10-11,13H2,1-2H3,(H,23,25)(H,26,27). The lowest BCUT2D eigenvalue weighted by Crippen LogP contribution is -2.27. The maximum Gasteiger partial charge on any atom is 0.335 e.